The van der Waals surface area contributed by atoms with Crippen LogP contribution in [0.2, 0.25) is 0 Å². The molecule has 1 atom stereocenters. The van der Waals surface area contributed by atoms with Crippen molar-refractivity contribution in [3.63, 3.8) is 0 Å². The standard InChI is InChI=1S/C24H30N3O5P/c1-27(2)23-14-19(13-18-7-10-21(31-3)15-22(18)23)24(28)26-20-8-5-17(6-9-20)16-25-11-4-12-32-33(29)30/h5-10,13-15,25,33H,4,11-12,16H2,1-3H3,(H,26,28)(H,29,30). The number of amides is 1. The summed E-state index contributed by atoms with van der Waals surface area (Å²) >= 11 is 0. The van der Waals surface area contributed by atoms with Crippen molar-refractivity contribution < 1.29 is 23.5 Å². The van der Waals surface area contributed by atoms with Crippen molar-refractivity contribution in [3.05, 3.63) is 65.7 Å². The van der Waals surface area contributed by atoms with Crippen LogP contribution < -0.4 is 20.3 Å². The minimum atomic E-state index is -2.85. The van der Waals surface area contributed by atoms with Crippen LogP contribution in [0, 0.1) is 0 Å². The Morgan fingerprint density at radius 2 is 1.85 bits per heavy atom. The molecule has 8 nitrogen and oxygen atoms in total. The number of carbonyl (C=O) groups excluding carboxylic acids is 1. The van der Waals surface area contributed by atoms with Crippen molar-refractivity contribution in [3.8, 4) is 5.75 Å². The van der Waals surface area contributed by atoms with E-state index in [0.717, 1.165) is 27.8 Å². The van der Waals surface area contributed by atoms with Crippen LogP contribution >= 0.6 is 8.25 Å². The van der Waals surface area contributed by atoms with Gasteiger partial charge in [-0.25, -0.2) is 0 Å². The zero-order chi connectivity index (χ0) is 23.8. The lowest BCUT2D eigenvalue weighted by Crippen LogP contribution is -2.16. The molecule has 3 aromatic carbocycles. The molecule has 9 heteroatoms. The van der Waals surface area contributed by atoms with Crippen LogP contribution in [0.15, 0.2) is 54.6 Å². The van der Waals surface area contributed by atoms with Gasteiger partial charge in [-0.15, -0.1) is 0 Å². The molecule has 1 amide bonds. The maximum Gasteiger partial charge on any atom is 0.316 e. The zero-order valence-electron chi connectivity index (χ0n) is 19.1. The van der Waals surface area contributed by atoms with Crippen LogP contribution in [0.3, 0.4) is 0 Å². The molecule has 0 radical (unpaired) electrons. The van der Waals surface area contributed by atoms with E-state index in [9.17, 15) is 9.36 Å². The summed E-state index contributed by atoms with van der Waals surface area (Å²) < 4.78 is 20.5. The smallest absolute Gasteiger partial charge is 0.316 e. The van der Waals surface area contributed by atoms with E-state index < -0.39 is 8.25 Å². The second kappa shape index (κ2) is 11.8. The molecule has 0 heterocycles. The second-order valence-corrected chi connectivity index (χ2v) is 8.59. The zero-order valence-corrected chi connectivity index (χ0v) is 20.1. The Balaban J connectivity index is 1.63. The summed E-state index contributed by atoms with van der Waals surface area (Å²) in [6.45, 7) is 1.59. The van der Waals surface area contributed by atoms with E-state index in [1.807, 2.05) is 73.6 Å². The first-order valence-electron chi connectivity index (χ1n) is 10.6. The highest BCUT2D eigenvalue weighted by atomic mass is 31.1. The van der Waals surface area contributed by atoms with Crippen LogP contribution in [0.5, 0.6) is 5.75 Å². The van der Waals surface area contributed by atoms with Crippen molar-refractivity contribution in [2.24, 2.45) is 0 Å². The van der Waals surface area contributed by atoms with E-state index in [0.29, 0.717) is 30.8 Å². The van der Waals surface area contributed by atoms with Gasteiger partial charge in [-0.3, -0.25) is 9.36 Å². The third kappa shape index (κ3) is 7.04. The Kier molecular flexibility index (Phi) is 8.86. The van der Waals surface area contributed by atoms with Gasteiger partial charge in [-0.1, -0.05) is 18.2 Å². The molecule has 0 aliphatic rings. The fraction of sp³-hybridized carbons (Fsp3) is 0.292. The van der Waals surface area contributed by atoms with Crippen LogP contribution in [0.4, 0.5) is 11.4 Å². The highest BCUT2D eigenvalue weighted by Gasteiger charge is 2.13. The number of hydrogen-bond donors (Lipinski definition) is 3. The number of carbonyl (C=O) groups is 1. The van der Waals surface area contributed by atoms with Gasteiger partial charge in [0.05, 0.1) is 13.7 Å². The number of methoxy groups -OCH3 is 1. The van der Waals surface area contributed by atoms with Crippen molar-refractivity contribution in [2.75, 3.05) is 44.6 Å². The molecule has 0 aromatic heterocycles. The topological polar surface area (TPSA) is 100 Å². The fourth-order valence-electron chi connectivity index (χ4n) is 3.44. The molecule has 0 fully saturated rings. The van der Waals surface area contributed by atoms with Crippen molar-refractivity contribution in [1.82, 2.24) is 5.32 Å². The third-order valence-electron chi connectivity index (χ3n) is 5.15. The van der Waals surface area contributed by atoms with Gasteiger partial charge < -0.3 is 29.7 Å². The Bertz CT molecular complexity index is 1120. The maximum absolute atomic E-state index is 12.9. The predicted molar refractivity (Wildman–Crippen MR) is 133 cm³/mol. The lowest BCUT2D eigenvalue weighted by molar-refractivity contribution is 0.102. The fourth-order valence-corrected chi connectivity index (χ4v) is 3.76. The SMILES string of the molecule is COc1ccc2cc(C(=O)Nc3ccc(CNCCCO[PH](=O)O)cc3)cc(N(C)C)c2c1. The number of nitrogens with zero attached hydrogens (tertiary/aromatic N) is 1. The summed E-state index contributed by atoms with van der Waals surface area (Å²) in [5.74, 6) is 0.595. The molecule has 0 saturated heterocycles. The van der Waals surface area contributed by atoms with Gasteiger partial charge in [0.2, 0.25) is 0 Å². The third-order valence-corrected chi connectivity index (χ3v) is 5.60. The van der Waals surface area contributed by atoms with Gasteiger partial charge in [0.15, 0.2) is 0 Å². The Hall–Kier alpha value is -2.90. The molecule has 0 spiro atoms. The lowest BCUT2D eigenvalue weighted by Gasteiger charge is -2.18. The van der Waals surface area contributed by atoms with Crippen molar-refractivity contribution >= 4 is 36.3 Å². The first kappa shape index (κ1) is 24.7. The number of nitrogens with one attached hydrogen (secondary N) is 2. The number of anilines is 2. The van der Waals surface area contributed by atoms with Crippen LogP contribution in [0.1, 0.15) is 22.3 Å². The molecule has 0 aliphatic carbocycles. The summed E-state index contributed by atoms with van der Waals surface area (Å²) in [7, 11) is 2.69. The number of rotatable bonds is 11. The Morgan fingerprint density at radius 1 is 1.09 bits per heavy atom. The Labute approximate surface area is 194 Å². The van der Waals surface area contributed by atoms with E-state index in [-0.39, 0.29) is 12.5 Å². The normalized spacial score (nSPS) is 11.9. The molecule has 3 rings (SSSR count). The number of fused-ring (bicyclic) bond motifs is 1. The van der Waals surface area contributed by atoms with Gasteiger partial charge >= 0.3 is 8.25 Å². The molecule has 33 heavy (non-hydrogen) atoms. The first-order valence-corrected chi connectivity index (χ1v) is 11.9. The largest absolute Gasteiger partial charge is 0.497 e. The van der Waals surface area contributed by atoms with Gasteiger partial charge in [0, 0.05) is 43.0 Å². The molecule has 0 aliphatic heterocycles. The van der Waals surface area contributed by atoms with Gasteiger partial charge in [0.1, 0.15) is 5.75 Å². The molecule has 0 saturated carbocycles. The average Bonchev–Trinajstić information content (AvgIpc) is 2.80. The number of benzene rings is 3. The van der Waals surface area contributed by atoms with Crippen LogP contribution in [-0.4, -0.2) is 45.2 Å². The van der Waals surface area contributed by atoms with Crippen molar-refractivity contribution in [1.29, 1.82) is 0 Å². The second-order valence-electron chi connectivity index (χ2n) is 7.77. The van der Waals surface area contributed by atoms with Gasteiger partial charge in [-0.05, 0) is 60.3 Å². The molecule has 3 N–H and O–H groups in total. The highest BCUT2D eigenvalue weighted by molar-refractivity contribution is 7.32. The van der Waals surface area contributed by atoms with Crippen LogP contribution in [-0.2, 0) is 15.6 Å². The number of ether oxygens (including phenoxy) is 1. The summed E-state index contributed by atoms with van der Waals surface area (Å²) in [5, 5.41) is 8.20. The van der Waals surface area contributed by atoms with Crippen LogP contribution in [0.25, 0.3) is 10.8 Å². The highest BCUT2D eigenvalue weighted by Crippen LogP contribution is 2.31. The quantitative estimate of drug-likeness (QED) is 0.287. The minimum absolute atomic E-state index is 0.176. The van der Waals surface area contributed by atoms with Crippen molar-refractivity contribution in [2.45, 2.75) is 13.0 Å². The summed E-state index contributed by atoms with van der Waals surface area (Å²) in [6.07, 6.45) is 0.651. The molecule has 1 unspecified atom stereocenters. The van der Waals surface area contributed by atoms with E-state index >= 15 is 0 Å². The van der Waals surface area contributed by atoms with E-state index in [2.05, 4.69) is 15.2 Å². The lowest BCUT2D eigenvalue weighted by atomic mass is 10.0. The predicted octanol–water partition coefficient (Wildman–Crippen LogP) is 4.05. The molecule has 0 bridgehead atoms. The van der Waals surface area contributed by atoms with E-state index in [1.54, 1.807) is 7.11 Å². The molecular weight excluding hydrogens is 441 g/mol. The first-order chi connectivity index (χ1) is 15.9. The maximum atomic E-state index is 12.9. The molecule has 176 valence electrons. The minimum Gasteiger partial charge on any atom is -0.497 e. The van der Waals surface area contributed by atoms with Gasteiger partial charge in [0.25, 0.3) is 5.91 Å². The monoisotopic (exact) mass is 471 g/mol. The van der Waals surface area contributed by atoms with Gasteiger partial charge in [-0.2, -0.15) is 0 Å². The molecular formula is C24H30N3O5P. The average molecular weight is 471 g/mol. The number of hydrogen-bond acceptors (Lipinski definition) is 6. The molecule has 3 aromatic rings. The van der Waals surface area contributed by atoms with E-state index in [1.165, 1.54) is 0 Å². The summed E-state index contributed by atoms with van der Waals surface area (Å²) in [4.78, 5) is 23.5. The van der Waals surface area contributed by atoms with E-state index in [4.69, 9.17) is 9.63 Å². The summed E-state index contributed by atoms with van der Waals surface area (Å²) in [6, 6.07) is 17.2. The summed E-state index contributed by atoms with van der Waals surface area (Å²) in [5.41, 5.74) is 3.30. The Morgan fingerprint density at radius 3 is 2.52 bits per heavy atom.